The van der Waals surface area contributed by atoms with Gasteiger partial charge in [0.2, 0.25) is 5.91 Å². The van der Waals surface area contributed by atoms with E-state index in [1.807, 2.05) is 31.8 Å². The van der Waals surface area contributed by atoms with Crippen LogP contribution in [0.15, 0.2) is 6.07 Å². The molecule has 24 heavy (non-hydrogen) atoms. The van der Waals surface area contributed by atoms with E-state index < -0.39 is 0 Å². The second-order valence-electron chi connectivity index (χ2n) is 6.68. The average molecular weight is 330 g/mol. The van der Waals surface area contributed by atoms with Crippen molar-refractivity contribution in [2.24, 2.45) is 14.1 Å². The lowest BCUT2D eigenvalue weighted by Gasteiger charge is -2.24. The van der Waals surface area contributed by atoms with Gasteiger partial charge in [-0.15, -0.1) is 0 Å². The van der Waals surface area contributed by atoms with Gasteiger partial charge in [0, 0.05) is 37.5 Å². The van der Waals surface area contributed by atoms with Gasteiger partial charge in [0.05, 0.1) is 17.9 Å². The molecular weight excluding hydrogens is 304 g/mol. The molecule has 7 nitrogen and oxygen atoms in total. The Balaban J connectivity index is 1.72. The van der Waals surface area contributed by atoms with Crippen LogP contribution in [0.25, 0.3) is 0 Å². The first-order valence-corrected chi connectivity index (χ1v) is 8.41. The van der Waals surface area contributed by atoms with Crippen LogP contribution in [-0.2, 0) is 18.9 Å². The van der Waals surface area contributed by atoms with E-state index in [1.165, 1.54) is 11.3 Å². The lowest BCUT2D eigenvalue weighted by molar-refractivity contribution is -0.117. The lowest BCUT2D eigenvalue weighted by Crippen LogP contribution is -2.33. The molecule has 7 heteroatoms. The molecule has 130 valence electrons. The molecule has 0 saturated carbocycles. The first-order chi connectivity index (χ1) is 11.4. The zero-order valence-electron chi connectivity index (χ0n) is 15.1. The molecule has 1 aliphatic rings. The van der Waals surface area contributed by atoms with Crippen LogP contribution < -0.4 is 5.32 Å². The zero-order chi connectivity index (χ0) is 17.4. The molecule has 1 fully saturated rings. The molecule has 1 amide bonds. The van der Waals surface area contributed by atoms with Crippen molar-refractivity contribution < 1.29 is 4.79 Å². The molecule has 1 N–H and O–H groups in total. The third-order valence-corrected chi connectivity index (χ3v) is 4.88. The van der Waals surface area contributed by atoms with Gasteiger partial charge in [0.25, 0.3) is 0 Å². The highest BCUT2D eigenvalue weighted by Crippen LogP contribution is 2.35. The highest BCUT2D eigenvalue weighted by atomic mass is 16.2. The summed E-state index contributed by atoms with van der Waals surface area (Å²) in [6.07, 6.45) is 2.18. The molecule has 1 saturated heterocycles. The van der Waals surface area contributed by atoms with E-state index in [2.05, 4.69) is 34.3 Å². The fourth-order valence-corrected chi connectivity index (χ4v) is 3.71. The number of aryl methyl sites for hydroxylation is 4. The maximum Gasteiger partial charge on any atom is 0.239 e. The number of nitrogens with one attached hydrogen (secondary N) is 1. The van der Waals surface area contributed by atoms with Crippen molar-refractivity contribution in [1.29, 1.82) is 0 Å². The minimum atomic E-state index is 0.00379. The van der Waals surface area contributed by atoms with Gasteiger partial charge in [-0.05, 0) is 40.2 Å². The summed E-state index contributed by atoms with van der Waals surface area (Å²) < 4.78 is 3.63. The molecule has 0 aliphatic carbocycles. The van der Waals surface area contributed by atoms with Crippen molar-refractivity contribution >= 4 is 11.7 Å². The Morgan fingerprint density at radius 3 is 2.58 bits per heavy atom. The minimum Gasteiger partial charge on any atom is -0.310 e. The van der Waals surface area contributed by atoms with Gasteiger partial charge in [0.15, 0.2) is 0 Å². The first kappa shape index (κ1) is 16.7. The summed E-state index contributed by atoms with van der Waals surface area (Å²) in [4.78, 5) is 14.7. The van der Waals surface area contributed by atoms with Gasteiger partial charge in [0.1, 0.15) is 5.82 Å². The Morgan fingerprint density at radius 2 is 2.00 bits per heavy atom. The molecule has 2 aromatic heterocycles. The Kier molecular flexibility index (Phi) is 4.45. The Morgan fingerprint density at radius 1 is 1.25 bits per heavy atom. The predicted octanol–water partition coefficient (Wildman–Crippen LogP) is 1.85. The maximum atomic E-state index is 12.5. The Labute approximate surface area is 142 Å². The first-order valence-electron chi connectivity index (χ1n) is 8.41. The van der Waals surface area contributed by atoms with Crippen LogP contribution >= 0.6 is 0 Å². The van der Waals surface area contributed by atoms with Gasteiger partial charge in [-0.25, -0.2) is 0 Å². The van der Waals surface area contributed by atoms with Crippen LogP contribution in [0.1, 0.15) is 41.5 Å². The fourth-order valence-electron chi connectivity index (χ4n) is 3.71. The molecule has 1 atom stereocenters. The summed E-state index contributed by atoms with van der Waals surface area (Å²) in [6.45, 7) is 7.40. The topological polar surface area (TPSA) is 68.0 Å². The van der Waals surface area contributed by atoms with Crippen LogP contribution in [0.2, 0.25) is 0 Å². The van der Waals surface area contributed by atoms with E-state index in [-0.39, 0.29) is 11.9 Å². The Hall–Kier alpha value is -2.15. The smallest absolute Gasteiger partial charge is 0.239 e. The van der Waals surface area contributed by atoms with E-state index >= 15 is 0 Å². The highest BCUT2D eigenvalue weighted by molar-refractivity contribution is 5.91. The summed E-state index contributed by atoms with van der Waals surface area (Å²) in [7, 11) is 3.81. The van der Waals surface area contributed by atoms with E-state index in [4.69, 9.17) is 0 Å². The summed E-state index contributed by atoms with van der Waals surface area (Å²) in [6, 6.07) is 2.16. The number of hydrogen-bond acceptors (Lipinski definition) is 4. The number of nitrogens with zero attached hydrogens (tertiary/aromatic N) is 5. The molecule has 1 aliphatic heterocycles. The predicted molar refractivity (Wildman–Crippen MR) is 92.8 cm³/mol. The SMILES string of the molecule is Cc1cc(NC(=O)CN2CCCC2c2c(C)nn(C)c2C)n(C)n1. The van der Waals surface area contributed by atoms with Gasteiger partial charge >= 0.3 is 0 Å². The summed E-state index contributed by atoms with van der Waals surface area (Å²) in [5.74, 6) is 0.742. The molecule has 0 spiro atoms. The summed E-state index contributed by atoms with van der Waals surface area (Å²) in [5, 5.41) is 11.8. The van der Waals surface area contributed by atoms with Crippen molar-refractivity contribution in [1.82, 2.24) is 24.5 Å². The van der Waals surface area contributed by atoms with Gasteiger partial charge in [-0.1, -0.05) is 0 Å². The normalized spacial score (nSPS) is 18.3. The van der Waals surface area contributed by atoms with Crippen LogP contribution in [0.4, 0.5) is 5.82 Å². The lowest BCUT2D eigenvalue weighted by atomic mass is 10.0. The van der Waals surface area contributed by atoms with Crippen LogP contribution in [-0.4, -0.2) is 43.5 Å². The van der Waals surface area contributed by atoms with Gasteiger partial charge in [-0.2, -0.15) is 10.2 Å². The second kappa shape index (κ2) is 6.39. The number of carbonyl (C=O) groups excluding carboxylic acids is 1. The average Bonchev–Trinajstić information content (AvgIpc) is 3.12. The molecule has 3 heterocycles. The van der Waals surface area contributed by atoms with Crippen molar-refractivity contribution in [3.63, 3.8) is 0 Å². The van der Waals surface area contributed by atoms with Crippen LogP contribution in [0.3, 0.4) is 0 Å². The molecule has 1 unspecified atom stereocenters. The number of likely N-dealkylation sites (tertiary alicyclic amines) is 1. The highest BCUT2D eigenvalue weighted by Gasteiger charge is 2.31. The number of carbonyl (C=O) groups is 1. The molecular formula is C17H26N6O. The van der Waals surface area contributed by atoms with E-state index in [0.29, 0.717) is 6.54 Å². The number of aromatic nitrogens is 4. The number of anilines is 1. The van der Waals surface area contributed by atoms with Crippen molar-refractivity contribution in [2.75, 3.05) is 18.4 Å². The number of rotatable bonds is 4. The monoisotopic (exact) mass is 330 g/mol. The van der Waals surface area contributed by atoms with Gasteiger partial charge < -0.3 is 5.32 Å². The largest absolute Gasteiger partial charge is 0.310 e. The molecule has 0 radical (unpaired) electrons. The number of hydrogen-bond donors (Lipinski definition) is 1. The fraction of sp³-hybridized carbons (Fsp3) is 0.588. The van der Waals surface area contributed by atoms with Crippen molar-refractivity contribution in [2.45, 2.75) is 39.7 Å². The molecule has 3 rings (SSSR count). The van der Waals surface area contributed by atoms with Gasteiger partial charge in [-0.3, -0.25) is 19.1 Å². The zero-order valence-corrected chi connectivity index (χ0v) is 15.1. The van der Waals surface area contributed by atoms with Crippen LogP contribution in [0, 0.1) is 20.8 Å². The van der Waals surface area contributed by atoms with Crippen LogP contribution in [0.5, 0.6) is 0 Å². The summed E-state index contributed by atoms with van der Waals surface area (Å²) in [5.41, 5.74) is 4.43. The molecule has 0 bridgehead atoms. The van der Waals surface area contributed by atoms with Crippen molar-refractivity contribution in [3.8, 4) is 0 Å². The Bertz CT molecular complexity index is 759. The quantitative estimate of drug-likeness (QED) is 0.929. The minimum absolute atomic E-state index is 0.00379. The third-order valence-electron chi connectivity index (χ3n) is 4.88. The summed E-state index contributed by atoms with van der Waals surface area (Å²) >= 11 is 0. The number of amides is 1. The van der Waals surface area contributed by atoms with Crippen molar-refractivity contribution in [3.05, 3.63) is 28.7 Å². The van der Waals surface area contributed by atoms with E-state index in [9.17, 15) is 4.79 Å². The second-order valence-corrected chi connectivity index (χ2v) is 6.68. The molecule has 2 aromatic rings. The van der Waals surface area contributed by atoms with E-state index in [0.717, 1.165) is 36.6 Å². The standard InChI is InChI=1S/C17H26N6O/c1-11-9-15(22(5)19-11)18-16(24)10-23-8-6-7-14(23)17-12(2)20-21(4)13(17)3/h9,14H,6-8,10H2,1-5H3,(H,18,24). The van der Waals surface area contributed by atoms with E-state index in [1.54, 1.807) is 4.68 Å². The molecule has 0 aromatic carbocycles. The third kappa shape index (κ3) is 3.08. The maximum absolute atomic E-state index is 12.5.